The molecular weight excluding hydrogens is 331 g/mol. The van der Waals surface area contributed by atoms with Gasteiger partial charge in [-0.25, -0.2) is 0 Å². The lowest BCUT2D eigenvalue weighted by Crippen LogP contribution is -2.27. The van der Waals surface area contributed by atoms with Crippen molar-refractivity contribution < 1.29 is 28.4 Å². The topological polar surface area (TPSA) is 78.9 Å². The van der Waals surface area contributed by atoms with Gasteiger partial charge in [-0.15, -0.1) is 0 Å². The Morgan fingerprint density at radius 2 is 1.62 bits per heavy atom. The summed E-state index contributed by atoms with van der Waals surface area (Å²) in [5, 5.41) is 0. The molecule has 1 aromatic carbocycles. The van der Waals surface area contributed by atoms with Gasteiger partial charge in [-0.3, -0.25) is 9.59 Å². The van der Waals surface area contributed by atoms with Crippen LogP contribution >= 0.6 is 9.12 Å². The van der Waals surface area contributed by atoms with E-state index in [1.54, 1.807) is 25.1 Å². The van der Waals surface area contributed by atoms with E-state index in [2.05, 4.69) is 0 Å². The van der Waals surface area contributed by atoms with Gasteiger partial charge in [0, 0.05) is 0 Å². The summed E-state index contributed by atoms with van der Waals surface area (Å²) in [5.41, 5.74) is 0.293. The van der Waals surface area contributed by atoms with Crippen LogP contribution in [0.4, 0.5) is 0 Å². The maximum Gasteiger partial charge on any atom is 0.316 e. The van der Waals surface area contributed by atoms with E-state index in [0.29, 0.717) is 23.5 Å². The van der Waals surface area contributed by atoms with Crippen LogP contribution in [0.15, 0.2) is 18.2 Å². The number of methoxy groups -OCH3 is 2. The first-order valence-corrected chi connectivity index (χ1v) is 8.23. The number of benzene rings is 1. The minimum atomic E-state index is -0.829. The fraction of sp³-hybridized carbons (Fsp3) is 0.529. The highest BCUT2D eigenvalue weighted by Crippen LogP contribution is 2.32. The third kappa shape index (κ3) is 5.93. The van der Waals surface area contributed by atoms with Crippen LogP contribution in [0.3, 0.4) is 0 Å². The van der Waals surface area contributed by atoms with Crippen molar-refractivity contribution in [3.05, 3.63) is 23.8 Å². The van der Waals surface area contributed by atoms with Crippen molar-refractivity contribution in [2.75, 3.05) is 20.8 Å². The Bertz CT molecular complexity index is 510. The molecule has 0 fully saturated rings. The molecule has 134 valence electrons. The lowest BCUT2D eigenvalue weighted by molar-refractivity contribution is -0.146. The molecule has 0 bridgehead atoms. The van der Waals surface area contributed by atoms with Crippen molar-refractivity contribution in [1.82, 2.24) is 0 Å². The van der Waals surface area contributed by atoms with Crippen LogP contribution in [0.25, 0.3) is 0 Å². The molecule has 0 aliphatic heterocycles. The lowest BCUT2D eigenvalue weighted by Gasteiger charge is -2.18. The summed E-state index contributed by atoms with van der Waals surface area (Å²) < 4.78 is 23.7. The predicted molar refractivity (Wildman–Crippen MR) is 93.9 cm³/mol. The fourth-order valence-corrected chi connectivity index (χ4v) is 2.28. The Labute approximate surface area is 145 Å². The van der Waals surface area contributed by atoms with Gasteiger partial charge in [0.15, 0.2) is 5.78 Å². The Balaban J connectivity index is 0.00000254. The van der Waals surface area contributed by atoms with E-state index in [4.69, 9.17) is 18.8 Å². The zero-order valence-electron chi connectivity index (χ0n) is 14.7. The molecule has 1 aromatic rings. The first-order valence-electron chi connectivity index (χ1n) is 7.76. The Kier molecular flexibility index (Phi) is 11.5. The van der Waals surface area contributed by atoms with Gasteiger partial charge in [0.25, 0.3) is 0 Å². The maximum atomic E-state index is 12.9. The molecule has 0 heterocycles. The van der Waals surface area contributed by atoms with Crippen molar-refractivity contribution in [3.8, 4) is 11.5 Å². The van der Waals surface area contributed by atoms with Crippen molar-refractivity contribution in [2.24, 2.45) is 5.92 Å². The Morgan fingerprint density at radius 1 is 1.08 bits per heavy atom. The van der Waals surface area contributed by atoms with Gasteiger partial charge >= 0.3 is 15.1 Å². The number of unbranched alkanes of at least 4 members (excludes halogenated alkanes) is 1. The normalized spacial score (nSPS) is 10.8. The summed E-state index contributed by atoms with van der Waals surface area (Å²) in [4.78, 5) is 25.0. The number of ketones is 1. The third-order valence-electron chi connectivity index (χ3n) is 3.41. The monoisotopic (exact) mass is 357 g/mol. The number of esters is 1. The first kappa shape index (κ1) is 22.1. The molecule has 2 unspecified atom stereocenters. The predicted octanol–water partition coefficient (Wildman–Crippen LogP) is 3.46. The van der Waals surface area contributed by atoms with Crippen molar-refractivity contribution in [3.63, 3.8) is 0 Å². The van der Waals surface area contributed by atoms with Crippen molar-refractivity contribution in [1.29, 1.82) is 0 Å². The molecule has 0 aromatic heterocycles. The van der Waals surface area contributed by atoms with E-state index in [9.17, 15) is 9.59 Å². The van der Waals surface area contributed by atoms with Gasteiger partial charge in [-0.2, -0.15) is 0 Å². The molecule has 6 nitrogen and oxygen atoms in total. The largest absolute Gasteiger partial charge is 0.496 e. The number of ether oxygens (including phenoxy) is 3. The van der Waals surface area contributed by atoms with Gasteiger partial charge in [0.05, 0.1) is 20.8 Å². The summed E-state index contributed by atoms with van der Waals surface area (Å²) >= 11 is 0. The fourth-order valence-electron chi connectivity index (χ4n) is 2.28. The molecule has 2 atom stereocenters. The van der Waals surface area contributed by atoms with Crippen LogP contribution in [-0.2, 0) is 14.1 Å². The minimum absolute atomic E-state index is 0.248. The van der Waals surface area contributed by atoms with E-state index in [-0.39, 0.29) is 12.4 Å². The zero-order valence-corrected chi connectivity index (χ0v) is 15.8. The van der Waals surface area contributed by atoms with Crippen LogP contribution < -0.4 is 9.47 Å². The molecule has 0 aliphatic rings. The van der Waals surface area contributed by atoms with E-state index in [1.807, 2.05) is 6.92 Å². The highest BCUT2D eigenvalue weighted by atomic mass is 31.0. The first-order chi connectivity index (χ1) is 11.6. The highest BCUT2D eigenvalue weighted by molar-refractivity contribution is 7.00. The molecule has 0 radical (unpaired) electrons. The summed E-state index contributed by atoms with van der Waals surface area (Å²) in [6.07, 6.45) is 2.12. The number of carbonyl (C=O) groups is 2. The Hall–Kier alpha value is -1.94. The molecule has 1 rings (SSSR count). The van der Waals surface area contributed by atoms with Gasteiger partial charge in [0.2, 0.25) is 0 Å². The minimum Gasteiger partial charge on any atom is -0.496 e. The second-order valence-electron chi connectivity index (χ2n) is 4.85. The molecule has 0 spiro atoms. The average molecular weight is 357 g/mol. The maximum absolute atomic E-state index is 12.9. The summed E-state index contributed by atoms with van der Waals surface area (Å²) in [5.74, 6) is -0.842. The Morgan fingerprint density at radius 3 is 2.04 bits per heavy atom. The van der Waals surface area contributed by atoms with Crippen molar-refractivity contribution in [2.45, 2.75) is 33.1 Å². The SMILES string of the molecule is CCCCC(C(=O)OCC)C(=O)c1c(OC)cccc1OC.O=[PH2+]. The quantitative estimate of drug-likeness (QED) is 0.291. The molecule has 0 amide bonds. The summed E-state index contributed by atoms with van der Waals surface area (Å²) in [6.45, 7) is 3.98. The van der Waals surface area contributed by atoms with Crippen LogP contribution in [0.1, 0.15) is 43.5 Å². The van der Waals surface area contributed by atoms with E-state index < -0.39 is 11.9 Å². The summed E-state index contributed by atoms with van der Waals surface area (Å²) in [6, 6.07) is 5.09. The van der Waals surface area contributed by atoms with Crippen LogP contribution in [0, 0.1) is 5.92 Å². The second-order valence-corrected chi connectivity index (χ2v) is 4.85. The molecular formula is C17H26O6P+. The van der Waals surface area contributed by atoms with E-state index in [0.717, 1.165) is 12.8 Å². The number of rotatable bonds is 9. The van der Waals surface area contributed by atoms with Gasteiger partial charge in [-0.05, 0) is 25.5 Å². The molecule has 0 saturated carbocycles. The number of hydrogen-bond acceptors (Lipinski definition) is 6. The second kappa shape index (κ2) is 12.5. The van der Waals surface area contributed by atoms with Gasteiger partial charge < -0.3 is 14.2 Å². The molecule has 0 N–H and O–H groups in total. The third-order valence-corrected chi connectivity index (χ3v) is 3.41. The molecule has 0 saturated heterocycles. The molecule has 24 heavy (non-hydrogen) atoms. The van der Waals surface area contributed by atoms with E-state index in [1.165, 1.54) is 23.3 Å². The smallest absolute Gasteiger partial charge is 0.316 e. The average Bonchev–Trinajstić information content (AvgIpc) is 2.62. The highest BCUT2D eigenvalue weighted by Gasteiger charge is 2.32. The zero-order chi connectivity index (χ0) is 18.5. The van der Waals surface area contributed by atoms with Gasteiger partial charge in [0.1, 0.15) is 23.0 Å². The van der Waals surface area contributed by atoms with Gasteiger partial charge in [-0.1, -0.05) is 30.4 Å². The lowest BCUT2D eigenvalue weighted by atomic mass is 9.91. The summed E-state index contributed by atoms with van der Waals surface area (Å²) in [7, 11) is 4.13. The van der Waals surface area contributed by atoms with Crippen LogP contribution in [0.2, 0.25) is 0 Å². The number of Topliss-reactive ketones (excluding diaryl/α,β-unsaturated/α-hetero) is 1. The van der Waals surface area contributed by atoms with Crippen LogP contribution in [0.5, 0.6) is 11.5 Å². The van der Waals surface area contributed by atoms with E-state index >= 15 is 0 Å². The number of hydrogen-bond donors (Lipinski definition) is 0. The van der Waals surface area contributed by atoms with Crippen molar-refractivity contribution >= 4 is 20.9 Å². The molecule has 0 aliphatic carbocycles. The standard InChI is InChI=1S/C17H24O5.H2OP/c1-5-7-9-12(17(19)22-6-2)16(18)15-13(20-3)10-8-11-14(15)21-4;1-2/h8,10-12H,5-7,9H2,1-4H3;2H2/q;+1. The number of carbonyl (C=O) groups excluding carboxylic acids is 2. The molecule has 7 heteroatoms. The van der Waals surface area contributed by atoms with Crippen LogP contribution in [-0.4, -0.2) is 32.6 Å².